The van der Waals surface area contributed by atoms with Crippen LogP contribution in [0.1, 0.15) is 49.0 Å². The highest BCUT2D eigenvalue weighted by molar-refractivity contribution is 5.77. The van der Waals surface area contributed by atoms with Crippen molar-refractivity contribution in [2.24, 2.45) is 5.92 Å². The predicted molar refractivity (Wildman–Crippen MR) is 64.2 cm³/mol. The quantitative estimate of drug-likeness (QED) is 0.508. The molecule has 82 valence electrons. The topological polar surface area (TPSA) is 17.1 Å². The molecule has 0 N–H and O–H groups in total. The van der Waals surface area contributed by atoms with Crippen LogP contribution < -0.4 is 0 Å². The molecule has 0 bridgehead atoms. The van der Waals surface area contributed by atoms with Crippen LogP contribution in [0.2, 0.25) is 0 Å². The lowest BCUT2D eigenvalue weighted by Gasteiger charge is -2.06. The summed E-state index contributed by atoms with van der Waals surface area (Å²) in [7, 11) is 0. The van der Waals surface area contributed by atoms with Gasteiger partial charge in [-0.1, -0.05) is 51.0 Å². The number of unbranched alkanes of at least 4 members (excludes halogenated alkanes) is 1. The lowest BCUT2D eigenvalue weighted by atomic mass is 10.00. The maximum Gasteiger partial charge on any atom is 0.150 e. The van der Waals surface area contributed by atoms with Crippen molar-refractivity contribution < 1.29 is 4.79 Å². The Morgan fingerprint density at radius 2 is 1.93 bits per heavy atom. The Hall–Kier alpha value is -1.11. The molecule has 0 aliphatic carbocycles. The maximum absolute atomic E-state index is 10.8. The van der Waals surface area contributed by atoms with Crippen LogP contribution in [0, 0.1) is 5.92 Å². The molecular weight excluding hydrogens is 184 g/mol. The molecule has 0 heterocycles. The number of benzene rings is 1. The van der Waals surface area contributed by atoms with E-state index in [1.165, 1.54) is 24.8 Å². The van der Waals surface area contributed by atoms with E-state index in [4.69, 9.17) is 0 Å². The molecule has 0 aromatic heterocycles. The number of carbonyl (C=O) groups excluding carboxylic acids is 1. The molecule has 0 saturated heterocycles. The lowest BCUT2D eigenvalue weighted by Crippen LogP contribution is -1.94. The van der Waals surface area contributed by atoms with Crippen molar-refractivity contribution in [3.8, 4) is 0 Å². The van der Waals surface area contributed by atoms with Gasteiger partial charge in [-0.05, 0) is 24.3 Å². The molecule has 0 aliphatic rings. The van der Waals surface area contributed by atoms with Crippen LogP contribution in [0.15, 0.2) is 24.3 Å². The average molecular weight is 204 g/mol. The normalized spacial score (nSPS) is 10.6. The highest BCUT2D eigenvalue weighted by Crippen LogP contribution is 2.13. The zero-order valence-electron chi connectivity index (χ0n) is 9.70. The number of hydrogen-bond acceptors (Lipinski definition) is 1. The van der Waals surface area contributed by atoms with Crippen LogP contribution >= 0.6 is 0 Å². The van der Waals surface area contributed by atoms with Crippen molar-refractivity contribution in [3.63, 3.8) is 0 Å². The molecule has 1 nitrogen and oxygen atoms in total. The van der Waals surface area contributed by atoms with Gasteiger partial charge in [0.05, 0.1) is 0 Å². The summed E-state index contributed by atoms with van der Waals surface area (Å²) in [5, 5.41) is 0. The van der Waals surface area contributed by atoms with Gasteiger partial charge < -0.3 is 0 Å². The zero-order valence-corrected chi connectivity index (χ0v) is 9.70. The summed E-state index contributed by atoms with van der Waals surface area (Å²) < 4.78 is 0. The van der Waals surface area contributed by atoms with E-state index >= 15 is 0 Å². The summed E-state index contributed by atoms with van der Waals surface area (Å²) in [6.45, 7) is 4.50. The smallest absolute Gasteiger partial charge is 0.150 e. The van der Waals surface area contributed by atoms with E-state index in [1.807, 2.05) is 18.2 Å². The van der Waals surface area contributed by atoms with Crippen LogP contribution in [-0.4, -0.2) is 6.29 Å². The maximum atomic E-state index is 10.8. The largest absolute Gasteiger partial charge is 0.298 e. The van der Waals surface area contributed by atoms with Gasteiger partial charge in [0.2, 0.25) is 0 Å². The summed E-state index contributed by atoms with van der Waals surface area (Å²) in [6, 6.07) is 7.87. The second kappa shape index (κ2) is 6.39. The Bertz CT molecular complexity index is 302. The number of aryl methyl sites for hydroxylation is 1. The number of hydrogen-bond donors (Lipinski definition) is 0. The molecule has 1 aromatic rings. The van der Waals surface area contributed by atoms with Crippen LogP contribution in [-0.2, 0) is 6.42 Å². The van der Waals surface area contributed by atoms with Crippen molar-refractivity contribution >= 4 is 6.29 Å². The van der Waals surface area contributed by atoms with Crippen molar-refractivity contribution in [1.29, 1.82) is 0 Å². The molecular formula is C14H20O. The monoisotopic (exact) mass is 204 g/mol. The molecule has 1 aromatic carbocycles. The van der Waals surface area contributed by atoms with E-state index in [1.54, 1.807) is 0 Å². The van der Waals surface area contributed by atoms with Gasteiger partial charge in [0, 0.05) is 5.56 Å². The molecule has 0 saturated carbocycles. The van der Waals surface area contributed by atoms with E-state index in [0.29, 0.717) is 0 Å². The summed E-state index contributed by atoms with van der Waals surface area (Å²) in [4.78, 5) is 10.8. The van der Waals surface area contributed by atoms with Gasteiger partial charge in [-0.25, -0.2) is 0 Å². The summed E-state index contributed by atoms with van der Waals surface area (Å²) in [5.74, 6) is 0.784. The fourth-order valence-corrected chi connectivity index (χ4v) is 1.74. The summed E-state index contributed by atoms with van der Waals surface area (Å²) in [5.41, 5.74) is 2.04. The van der Waals surface area contributed by atoms with Crippen LogP contribution in [0.3, 0.4) is 0 Å². The fourth-order valence-electron chi connectivity index (χ4n) is 1.74. The molecule has 0 aliphatic heterocycles. The van der Waals surface area contributed by atoms with Gasteiger partial charge >= 0.3 is 0 Å². The second-order valence-corrected chi connectivity index (χ2v) is 4.46. The second-order valence-electron chi connectivity index (χ2n) is 4.46. The van der Waals surface area contributed by atoms with Gasteiger partial charge in [-0.2, -0.15) is 0 Å². The lowest BCUT2D eigenvalue weighted by molar-refractivity contribution is 0.112. The first-order valence-corrected chi connectivity index (χ1v) is 5.77. The van der Waals surface area contributed by atoms with Gasteiger partial charge in [-0.15, -0.1) is 0 Å². The third-order valence-corrected chi connectivity index (χ3v) is 2.66. The Morgan fingerprint density at radius 3 is 2.60 bits per heavy atom. The van der Waals surface area contributed by atoms with Crippen molar-refractivity contribution in [2.75, 3.05) is 0 Å². The first kappa shape index (κ1) is 12.0. The molecule has 1 rings (SSSR count). The summed E-state index contributed by atoms with van der Waals surface area (Å²) >= 11 is 0. The Morgan fingerprint density at radius 1 is 1.20 bits per heavy atom. The number of carbonyl (C=O) groups is 1. The standard InChI is InChI=1S/C14H20O/c1-12(2)7-3-4-8-13-9-5-6-10-14(13)11-15/h5-6,9-12H,3-4,7-8H2,1-2H3. The molecule has 0 amide bonds. The first-order valence-electron chi connectivity index (χ1n) is 5.77. The Balaban J connectivity index is 2.40. The third-order valence-electron chi connectivity index (χ3n) is 2.66. The molecule has 0 spiro atoms. The predicted octanol–water partition coefficient (Wildman–Crippen LogP) is 3.87. The average Bonchev–Trinajstić information content (AvgIpc) is 2.24. The molecule has 15 heavy (non-hydrogen) atoms. The first-order chi connectivity index (χ1) is 7.24. The number of aldehydes is 1. The SMILES string of the molecule is CC(C)CCCCc1ccccc1C=O. The highest BCUT2D eigenvalue weighted by Gasteiger charge is 2.00. The molecule has 0 radical (unpaired) electrons. The van der Waals surface area contributed by atoms with E-state index < -0.39 is 0 Å². The van der Waals surface area contributed by atoms with Crippen molar-refractivity contribution in [3.05, 3.63) is 35.4 Å². The Labute approximate surface area is 92.5 Å². The van der Waals surface area contributed by atoms with Crippen LogP contribution in [0.5, 0.6) is 0 Å². The van der Waals surface area contributed by atoms with Gasteiger partial charge in [0.15, 0.2) is 0 Å². The van der Waals surface area contributed by atoms with E-state index in [2.05, 4.69) is 19.9 Å². The van der Waals surface area contributed by atoms with Crippen LogP contribution in [0.4, 0.5) is 0 Å². The molecule has 1 heteroatoms. The molecule has 0 atom stereocenters. The minimum atomic E-state index is 0.784. The van der Waals surface area contributed by atoms with Gasteiger partial charge in [-0.3, -0.25) is 4.79 Å². The minimum Gasteiger partial charge on any atom is -0.298 e. The number of rotatable bonds is 6. The minimum absolute atomic E-state index is 0.784. The summed E-state index contributed by atoms with van der Waals surface area (Å²) in [6.07, 6.45) is 5.70. The highest BCUT2D eigenvalue weighted by atomic mass is 16.1. The molecule has 0 fully saturated rings. The van der Waals surface area contributed by atoms with E-state index in [-0.39, 0.29) is 0 Å². The van der Waals surface area contributed by atoms with Crippen molar-refractivity contribution in [2.45, 2.75) is 39.5 Å². The van der Waals surface area contributed by atoms with Gasteiger partial charge in [0.25, 0.3) is 0 Å². The molecule has 0 unspecified atom stereocenters. The van der Waals surface area contributed by atoms with Crippen molar-refractivity contribution in [1.82, 2.24) is 0 Å². The van der Waals surface area contributed by atoms with Crippen LogP contribution in [0.25, 0.3) is 0 Å². The van der Waals surface area contributed by atoms with Gasteiger partial charge in [0.1, 0.15) is 6.29 Å². The Kier molecular flexibility index (Phi) is 5.09. The third kappa shape index (κ3) is 4.28. The van der Waals surface area contributed by atoms with E-state index in [9.17, 15) is 4.79 Å². The fraction of sp³-hybridized carbons (Fsp3) is 0.500. The van der Waals surface area contributed by atoms with E-state index in [0.717, 1.165) is 24.2 Å². The zero-order chi connectivity index (χ0) is 11.1.